The van der Waals surface area contributed by atoms with Crippen LogP contribution in [0.4, 0.5) is 0 Å². The summed E-state index contributed by atoms with van der Waals surface area (Å²) in [5, 5.41) is 17.6. The van der Waals surface area contributed by atoms with Crippen LogP contribution in [-0.2, 0) is 0 Å². The lowest BCUT2D eigenvalue weighted by atomic mass is 10.9. The third kappa shape index (κ3) is 1.56. The van der Waals surface area contributed by atoms with E-state index in [0.29, 0.717) is 0 Å². The smallest absolute Gasteiger partial charge is 0.358 e. The van der Waals surface area contributed by atoms with Crippen LogP contribution in [-0.4, -0.2) is 5.17 Å². The maximum absolute atomic E-state index is 9.22. The molecule has 4 heteroatoms. The molecule has 0 bridgehead atoms. The summed E-state index contributed by atoms with van der Waals surface area (Å²) in [5.41, 5.74) is 0. The Bertz CT molecular complexity index is 103. The molecule has 0 unspecified atom stereocenters. The van der Waals surface area contributed by atoms with E-state index in [2.05, 4.69) is 0 Å². The van der Waals surface area contributed by atoms with Gasteiger partial charge in [0.25, 0.3) is 0 Å². The molecule has 0 spiro atoms. The van der Waals surface area contributed by atoms with Gasteiger partial charge < -0.3 is 5.21 Å². The van der Waals surface area contributed by atoms with Crippen LogP contribution in [0.1, 0.15) is 0 Å². The SMILES string of the molecule is N#CC(Cl)=[NH+][O-]. The zero-order chi connectivity index (χ0) is 4.99. The Hall–Kier alpha value is -0.750. The molecule has 0 rings (SSSR count). The summed E-state index contributed by atoms with van der Waals surface area (Å²) in [6.07, 6.45) is 0. The highest BCUT2D eigenvalue weighted by atomic mass is 35.5. The van der Waals surface area contributed by atoms with Crippen molar-refractivity contribution in [1.29, 1.82) is 5.26 Å². The molecule has 6 heavy (non-hydrogen) atoms. The monoisotopic (exact) mass is 104 g/mol. The zero-order valence-corrected chi connectivity index (χ0v) is 3.49. The minimum absolute atomic E-state index is 0.435. The molecule has 0 aliphatic rings. The summed E-state index contributed by atoms with van der Waals surface area (Å²) in [6, 6.07) is 1.37. The summed E-state index contributed by atoms with van der Waals surface area (Å²) in [6.45, 7) is 0. The summed E-state index contributed by atoms with van der Waals surface area (Å²) >= 11 is 4.78. The van der Waals surface area contributed by atoms with Gasteiger partial charge in [-0.15, -0.1) is 0 Å². The minimum Gasteiger partial charge on any atom is -0.624 e. The van der Waals surface area contributed by atoms with Crippen molar-refractivity contribution in [3.63, 3.8) is 0 Å². The quantitative estimate of drug-likeness (QED) is 0.237. The Morgan fingerprint density at radius 3 is 2.50 bits per heavy atom. The van der Waals surface area contributed by atoms with Crippen LogP contribution in [0.15, 0.2) is 0 Å². The van der Waals surface area contributed by atoms with E-state index in [1.165, 1.54) is 11.2 Å². The first-order chi connectivity index (χ1) is 2.81. The Morgan fingerprint density at radius 2 is 2.50 bits per heavy atom. The van der Waals surface area contributed by atoms with Gasteiger partial charge in [-0.2, -0.15) is 5.26 Å². The highest BCUT2D eigenvalue weighted by Crippen LogP contribution is 1.64. The molecule has 0 aliphatic heterocycles. The van der Waals surface area contributed by atoms with E-state index < -0.39 is 5.17 Å². The van der Waals surface area contributed by atoms with Crippen LogP contribution in [0, 0.1) is 16.5 Å². The fourth-order valence-corrected chi connectivity index (χ4v) is 0.0228. The van der Waals surface area contributed by atoms with Crippen LogP contribution in [0.2, 0.25) is 0 Å². The second-order valence-corrected chi connectivity index (χ2v) is 0.906. The molecule has 0 radical (unpaired) electrons. The van der Waals surface area contributed by atoms with Gasteiger partial charge >= 0.3 is 5.17 Å². The minimum atomic E-state index is -0.435. The van der Waals surface area contributed by atoms with Gasteiger partial charge in [0, 0.05) is 11.6 Å². The maximum Gasteiger partial charge on any atom is 0.358 e. The number of nitrogens with one attached hydrogen (secondary N) is 1. The van der Waals surface area contributed by atoms with Gasteiger partial charge in [-0.3, -0.25) is 0 Å². The summed E-state index contributed by atoms with van der Waals surface area (Å²) in [4.78, 5) is 0. The van der Waals surface area contributed by atoms with E-state index in [4.69, 9.17) is 16.9 Å². The first-order valence-electron chi connectivity index (χ1n) is 1.12. The van der Waals surface area contributed by atoms with Gasteiger partial charge in [0.1, 0.15) is 0 Å². The van der Waals surface area contributed by atoms with Crippen LogP contribution >= 0.6 is 11.6 Å². The van der Waals surface area contributed by atoms with Crippen molar-refractivity contribution < 1.29 is 5.16 Å². The molecule has 3 nitrogen and oxygen atoms in total. The van der Waals surface area contributed by atoms with E-state index in [1.54, 1.807) is 0 Å². The lowest BCUT2D eigenvalue weighted by Gasteiger charge is -1.70. The Morgan fingerprint density at radius 1 is 2.00 bits per heavy atom. The number of rotatable bonds is 0. The molecular weight excluding hydrogens is 103 g/mol. The molecule has 0 amide bonds. The fourth-order valence-electron chi connectivity index (χ4n) is 0.0228. The van der Waals surface area contributed by atoms with Crippen molar-refractivity contribution in [3.05, 3.63) is 5.21 Å². The van der Waals surface area contributed by atoms with Gasteiger partial charge in [0.05, 0.1) is 0 Å². The molecule has 0 aromatic heterocycles. The Balaban J connectivity index is 3.61. The molecule has 0 heterocycles. The summed E-state index contributed by atoms with van der Waals surface area (Å²) in [5.74, 6) is 0. The van der Waals surface area contributed by atoms with Gasteiger partial charge in [-0.1, -0.05) is 0 Å². The highest BCUT2D eigenvalue weighted by Gasteiger charge is 1.86. The molecule has 32 valence electrons. The lowest BCUT2D eigenvalue weighted by Crippen LogP contribution is -2.63. The third-order valence-electron chi connectivity index (χ3n) is 0.188. The lowest BCUT2D eigenvalue weighted by molar-refractivity contribution is -0.368. The number of hydrogen-bond acceptors (Lipinski definition) is 2. The van der Waals surface area contributed by atoms with Gasteiger partial charge in [-0.25, -0.2) is 5.16 Å². The van der Waals surface area contributed by atoms with Crippen molar-refractivity contribution in [2.24, 2.45) is 0 Å². The average molecular weight is 104 g/mol. The first kappa shape index (κ1) is 5.25. The van der Waals surface area contributed by atoms with E-state index >= 15 is 0 Å². The molecule has 0 atom stereocenters. The zero-order valence-electron chi connectivity index (χ0n) is 2.73. The molecule has 0 aliphatic carbocycles. The number of nitriles is 1. The maximum atomic E-state index is 9.22. The van der Waals surface area contributed by atoms with E-state index in [-0.39, 0.29) is 0 Å². The van der Waals surface area contributed by atoms with E-state index in [1.807, 2.05) is 0 Å². The second-order valence-electron chi connectivity index (χ2n) is 0.528. The van der Waals surface area contributed by atoms with Crippen LogP contribution in [0.5, 0.6) is 0 Å². The fraction of sp³-hybridized carbons (Fsp3) is 0. The highest BCUT2D eigenvalue weighted by molar-refractivity contribution is 6.67. The van der Waals surface area contributed by atoms with Crippen molar-refractivity contribution in [2.75, 3.05) is 0 Å². The van der Waals surface area contributed by atoms with Crippen molar-refractivity contribution in [1.82, 2.24) is 0 Å². The summed E-state index contributed by atoms with van der Waals surface area (Å²) < 4.78 is 0. The molecule has 0 saturated carbocycles. The van der Waals surface area contributed by atoms with Crippen LogP contribution in [0.25, 0.3) is 0 Å². The topological polar surface area (TPSA) is 60.8 Å². The van der Waals surface area contributed by atoms with Gasteiger partial charge in [0.2, 0.25) is 0 Å². The Labute approximate surface area is 39.4 Å². The van der Waals surface area contributed by atoms with E-state index in [9.17, 15) is 5.21 Å². The number of nitrogens with zero attached hydrogens (tertiary/aromatic N) is 1. The number of halogens is 1. The Kier molecular flexibility index (Phi) is 2.17. The third-order valence-corrected chi connectivity index (χ3v) is 0.349. The van der Waals surface area contributed by atoms with Crippen molar-refractivity contribution in [2.45, 2.75) is 0 Å². The molecular formula is C2HClN2O. The van der Waals surface area contributed by atoms with E-state index in [0.717, 1.165) is 0 Å². The molecule has 0 fully saturated rings. The largest absolute Gasteiger partial charge is 0.624 e. The van der Waals surface area contributed by atoms with Crippen molar-refractivity contribution in [3.8, 4) is 6.07 Å². The predicted octanol–water partition coefficient (Wildman–Crippen LogP) is -1.27. The molecule has 0 aromatic rings. The standard InChI is InChI=1S/C2HClN2O/c3-2(1-4)5-6/h5H. The normalized spacial score (nSPS) is 10.3. The first-order valence-corrected chi connectivity index (χ1v) is 1.49. The molecule has 0 aromatic carbocycles. The molecule has 0 saturated heterocycles. The van der Waals surface area contributed by atoms with Gasteiger partial charge in [0.15, 0.2) is 6.07 Å². The number of hydrogen-bond donors (Lipinski definition) is 1. The summed E-state index contributed by atoms with van der Waals surface area (Å²) in [7, 11) is 0. The second kappa shape index (κ2) is 2.49. The van der Waals surface area contributed by atoms with Crippen molar-refractivity contribution >= 4 is 16.8 Å². The molecule has 1 N–H and O–H groups in total. The van der Waals surface area contributed by atoms with Crippen LogP contribution < -0.4 is 5.16 Å². The van der Waals surface area contributed by atoms with Crippen LogP contribution in [0.3, 0.4) is 0 Å². The predicted molar refractivity (Wildman–Crippen MR) is 20.8 cm³/mol. The average Bonchev–Trinajstić information content (AvgIpc) is 1.65. The van der Waals surface area contributed by atoms with Gasteiger partial charge in [-0.05, 0) is 0 Å².